The quantitative estimate of drug-likeness (QED) is 0.572. The third-order valence-corrected chi connectivity index (χ3v) is 3.40. The summed E-state index contributed by atoms with van der Waals surface area (Å²) >= 11 is 0. The van der Waals surface area contributed by atoms with Gasteiger partial charge >= 0.3 is 5.97 Å². The molecular formula is C12H14N2O5S. The summed E-state index contributed by atoms with van der Waals surface area (Å²) in [5.74, 6) is 4.17. The fraction of sp³-hybridized carbons (Fsp3) is 0.333. The van der Waals surface area contributed by atoms with Crippen molar-refractivity contribution in [3.05, 3.63) is 23.9 Å². The van der Waals surface area contributed by atoms with Crippen molar-refractivity contribution in [1.82, 2.24) is 4.98 Å². The van der Waals surface area contributed by atoms with Crippen LogP contribution in [0.5, 0.6) is 0 Å². The number of sulfonamides is 1. The van der Waals surface area contributed by atoms with Gasteiger partial charge < -0.3 is 9.84 Å². The second kappa shape index (κ2) is 7.47. The summed E-state index contributed by atoms with van der Waals surface area (Å²) in [7, 11) is -2.50. The zero-order valence-corrected chi connectivity index (χ0v) is 11.6. The number of anilines is 1. The molecule has 1 aromatic heterocycles. The van der Waals surface area contributed by atoms with E-state index in [0.717, 1.165) is 0 Å². The van der Waals surface area contributed by atoms with Gasteiger partial charge in [0.15, 0.2) is 0 Å². The van der Waals surface area contributed by atoms with Crippen molar-refractivity contribution in [1.29, 1.82) is 0 Å². The van der Waals surface area contributed by atoms with Crippen molar-refractivity contribution >= 4 is 21.8 Å². The van der Waals surface area contributed by atoms with E-state index in [2.05, 4.69) is 26.3 Å². The number of ether oxygens (including phenoxy) is 1. The molecule has 0 saturated heterocycles. The molecular weight excluding hydrogens is 284 g/mol. The molecule has 1 heterocycles. The molecule has 0 aliphatic carbocycles. The normalized spacial score (nSPS) is 10.3. The van der Waals surface area contributed by atoms with Crippen LogP contribution in [-0.4, -0.2) is 43.9 Å². The van der Waals surface area contributed by atoms with E-state index in [1.807, 2.05) is 0 Å². The Morgan fingerprint density at radius 2 is 2.30 bits per heavy atom. The van der Waals surface area contributed by atoms with Crippen LogP contribution in [0.1, 0.15) is 12.0 Å². The van der Waals surface area contributed by atoms with Crippen LogP contribution in [-0.2, 0) is 19.6 Å². The Labute approximate surface area is 117 Å². The molecule has 20 heavy (non-hydrogen) atoms. The molecule has 1 aromatic rings. The molecule has 108 valence electrons. The standard InChI is InChI=1S/C12H14N2O5S/c1-19-12(16)5-8-20(17,18)14-11-9-10(3-2-7-15)4-6-13-11/h4,6,9,15H,5,7-8H2,1H3,(H,13,14). The number of nitrogens with zero attached hydrogens (tertiary/aromatic N) is 1. The maximum Gasteiger partial charge on any atom is 0.306 e. The van der Waals surface area contributed by atoms with Gasteiger partial charge in [0.25, 0.3) is 0 Å². The molecule has 0 bridgehead atoms. The second-order valence-electron chi connectivity index (χ2n) is 3.64. The molecule has 0 fully saturated rings. The van der Waals surface area contributed by atoms with Gasteiger partial charge in [0.2, 0.25) is 10.0 Å². The van der Waals surface area contributed by atoms with Crippen LogP contribution in [0.15, 0.2) is 18.3 Å². The van der Waals surface area contributed by atoms with Crippen molar-refractivity contribution in [3.63, 3.8) is 0 Å². The summed E-state index contributed by atoms with van der Waals surface area (Å²) in [6.07, 6.45) is 1.15. The summed E-state index contributed by atoms with van der Waals surface area (Å²) in [5, 5.41) is 8.58. The number of esters is 1. The average molecular weight is 298 g/mol. The zero-order chi connectivity index (χ0) is 15.0. The van der Waals surface area contributed by atoms with Gasteiger partial charge in [0.1, 0.15) is 12.4 Å². The first-order chi connectivity index (χ1) is 9.46. The van der Waals surface area contributed by atoms with Crippen LogP contribution in [0.4, 0.5) is 5.82 Å². The molecule has 1 rings (SSSR count). The molecule has 0 aliphatic rings. The maximum absolute atomic E-state index is 11.7. The van der Waals surface area contributed by atoms with E-state index in [0.29, 0.717) is 5.56 Å². The molecule has 0 saturated carbocycles. The van der Waals surface area contributed by atoms with Crippen molar-refractivity contribution in [2.75, 3.05) is 24.2 Å². The summed E-state index contributed by atoms with van der Waals surface area (Å²) in [6.45, 7) is -0.289. The van der Waals surface area contributed by atoms with Gasteiger partial charge in [-0.2, -0.15) is 0 Å². The highest BCUT2D eigenvalue weighted by Gasteiger charge is 2.14. The van der Waals surface area contributed by atoms with Crippen LogP contribution in [0.2, 0.25) is 0 Å². The van der Waals surface area contributed by atoms with E-state index in [4.69, 9.17) is 5.11 Å². The fourth-order valence-corrected chi connectivity index (χ4v) is 2.20. The van der Waals surface area contributed by atoms with E-state index in [-0.39, 0.29) is 18.8 Å². The Morgan fingerprint density at radius 3 is 2.95 bits per heavy atom. The summed E-state index contributed by atoms with van der Waals surface area (Å²) in [6, 6.07) is 3.01. The van der Waals surface area contributed by atoms with Gasteiger partial charge in [-0.3, -0.25) is 9.52 Å². The van der Waals surface area contributed by atoms with Crippen molar-refractivity contribution in [2.24, 2.45) is 0 Å². The van der Waals surface area contributed by atoms with Gasteiger partial charge in [-0.15, -0.1) is 0 Å². The van der Waals surface area contributed by atoms with E-state index in [1.165, 1.54) is 19.4 Å². The SMILES string of the molecule is COC(=O)CCS(=O)(=O)Nc1cc(C#CCO)ccn1. The predicted molar refractivity (Wildman–Crippen MR) is 72.2 cm³/mol. The lowest BCUT2D eigenvalue weighted by Gasteiger charge is -2.06. The van der Waals surface area contributed by atoms with E-state index >= 15 is 0 Å². The highest BCUT2D eigenvalue weighted by atomic mass is 32.2. The smallest absolute Gasteiger partial charge is 0.306 e. The topological polar surface area (TPSA) is 106 Å². The third kappa shape index (κ3) is 5.69. The average Bonchev–Trinajstić information content (AvgIpc) is 2.42. The molecule has 0 aromatic carbocycles. The lowest BCUT2D eigenvalue weighted by atomic mass is 10.2. The maximum atomic E-state index is 11.7. The molecule has 0 aliphatic heterocycles. The largest absolute Gasteiger partial charge is 0.469 e. The van der Waals surface area contributed by atoms with E-state index in [9.17, 15) is 13.2 Å². The zero-order valence-electron chi connectivity index (χ0n) is 10.8. The van der Waals surface area contributed by atoms with E-state index in [1.54, 1.807) is 6.07 Å². The van der Waals surface area contributed by atoms with Crippen LogP contribution in [0, 0.1) is 11.8 Å². The number of carbonyl (C=O) groups is 1. The Balaban J connectivity index is 2.74. The monoisotopic (exact) mass is 298 g/mol. The van der Waals surface area contributed by atoms with Gasteiger partial charge in [-0.1, -0.05) is 11.8 Å². The number of nitrogens with one attached hydrogen (secondary N) is 1. The molecule has 0 amide bonds. The van der Waals surface area contributed by atoms with Crippen LogP contribution in [0.3, 0.4) is 0 Å². The predicted octanol–water partition coefficient (Wildman–Crippen LogP) is -0.270. The summed E-state index contributed by atoms with van der Waals surface area (Å²) in [5.41, 5.74) is 0.514. The Bertz CT molecular complexity index is 631. The fourth-order valence-electron chi connectivity index (χ4n) is 1.24. The highest BCUT2D eigenvalue weighted by molar-refractivity contribution is 7.92. The number of hydrogen-bond donors (Lipinski definition) is 2. The number of carbonyl (C=O) groups excluding carboxylic acids is 1. The first-order valence-corrected chi connectivity index (χ1v) is 7.25. The van der Waals surface area contributed by atoms with Gasteiger partial charge in [-0.25, -0.2) is 13.4 Å². The minimum absolute atomic E-state index is 0.0969. The number of aliphatic hydroxyl groups is 1. The number of pyridine rings is 1. The van der Waals surface area contributed by atoms with Gasteiger partial charge in [0, 0.05) is 11.8 Å². The molecule has 0 radical (unpaired) electrons. The number of hydrogen-bond acceptors (Lipinski definition) is 6. The Hall–Kier alpha value is -2.11. The minimum atomic E-state index is -3.69. The molecule has 0 atom stereocenters. The minimum Gasteiger partial charge on any atom is -0.469 e. The first kappa shape index (κ1) is 15.9. The van der Waals surface area contributed by atoms with E-state index < -0.39 is 21.7 Å². The summed E-state index contributed by atoms with van der Waals surface area (Å²) < 4.78 is 30.0. The lowest BCUT2D eigenvalue weighted by molar-refractivity contribution is -0.140. The van der Waals surface area contributed by atoms with Crippen LogP contribution < -0.4 is 4.72 Å². The lowest BCUT2D eigenvalue weighted by Crippen LogP contribution is -2.20. The Morgan fingerprint density at radius 1 is 1.55 bits per heavy atom. The first-order valence-electron chi connectivity index (χ1n) is 5.60. The van der Waals surface area contributed by atoms with Crippen LogP contribution in [0.25, 0.3) is 0 Å². The Kier molecular flexibility index (Phi) is 5.96. The van der Waals surface area contributed by atoms with Crippen molar-refractivity contribution < 1.29 is 23.1 Å². The molecule has 8 heteroatoms. The molecule has 7 nitrogen and oxygen atoms in total. The molecule has 0 spiro atoms. The molecule has 0 unspecified atom stereocenters. The summed E-state index contributed by atoms with van der Waals surface area (Å²) in [4.78, 5) is 14.8. The number of aromatic nitrogens is 1. The third-order valence-electron chi connectivity index (χ3n) is 2.13. The number of aliphatic hydroxyl groups excluding tert-OH is 1. The number of methoxy groups -OCH3 is 1. The van der Waals surface area contributed by atoms with Gasteiger partial charge in [-0.05, 0) is 12.1 Å². The molecule has 2 N–H and O–H groups in total. The van der Waals surface area contributed by atoms with Crippen LogP contribution >= 0.6 is 0 Å². The number of rotatable bonds is 5. The van der Waals surface area contributed by atoms with Crippen molar-refractivity contribution in [3.8, 4) is 11.8 Å². The van der Waals surface area contributed by atoms with Crippen molar-refractivity contribution in [2.45, 2.75) is 6.42 Å². The highest BCUT2D eigenvalue weighted by Crippen LogP contribution is 2.08. The van der Waals surface area contributed by atoms with Gasteiger partial charge in [0.05, 0.1) is 19.3 Å². The second-order valence-corrected chi connectivity index (χ2v) is 5.48.